The molecule has 0 aliphatic rings. The minimum absolute atomic E-state index is 0.133. The van der Waals surface area contributed by atoms with E-state index >= 15 is 0 Å². The van der Waals surface area contributed by atoms with Gasteiger partial charge in [0.1, 0.15) is 5.82 Å². The van der Waals surface area contributed by atoms with Gasteiger partial charge in [0, 0.05) is 16.0 Å². The Bertz CT molecular complexity index is 586. The molecule has 0 fully saturated rings. The van der Waals surface area contributed by atoms with Crippen molar-refractivity contribution in [2.24, 2.45) is 0 Å². The number of aryl methyl sites for hydroxylation is 1. The average Bonchev–Trinajstić information content (AvgIpc) is 2.49. The molecule has 4 heteroatoms. The molecule has 0 aliphatic heterocycles. The van der Waals surface area contributed by atoms with Crippen LogP contribution >= 0.6 is 11.6 Å². The van der Waals surface area contributed by atoms with Crippen LogP contribution in [0.3, 0.4) is 0 Å². The van der Waals surface area contributed by atoms with Gasteiger partial charge in [-0.2, -0.15) is 0 Å². The van der Waals surface area contributed by atoms with Crippen molar-refractivity contribution < 1.29 is 14.6 Å². The first kappa shape index (κ1) is 16.0. The van der Waals surface area contributed by atoms with Gasteiger partial charge in [-0.05, 0) is 31.0 Å². The van der Waals surface area contributed by atoms with Gasteiger partial charge in [0.25, 0.3) is 0 Å². The quantitative estimate of drug-likeness (QED) is 0.890. The van der Waals surface area contributed by atoms with Crippen molar-refractivity contribution in [2.75, 3.05) is 13.2 Å². The summed E-state index contributed by atoms with van der Waals surface area (Å²) in [6.07, 6.45) is 0.133. The summed E-state index contributed by atoms with van der Waals surface area (Å²) in [7, 11) is 0. The molecule has 2 N–H and O–H groups in total. The van der Waals surface area contributed by atoms with Crippen LogP contribution < -0.4 is 0 Å². The first-order valence-electron chi connectivity index (χ1n) is 6.74. The predicted octanol–water partition coefficient (Wildman–Crippen LogP) is 3.25. The van der Waals surface area contributed by atoms with E-state index in [2.05, 4.69) is 0 Å². The van der Waals surface area contributed by atoms with E-state index in [4.69, 9.17) is 11.6 Å². The number of halogens is 2. The van der Waals surface area contributed by atoms with Gasteiger partial charge in [-0.15, -0.1) is 0 Å². The minimum atomic E-state index is -0.959. The van der Waals surface area contributed by atoms with Crippen molar-refractivity contribution in [3.05, 3.63) is 70.0 Å². The molecule has 0 heterocycles. The number of aliphatic hydroxyl groups is 2. The summed E-state index contributed by atoms with van der Waals surface area (Å²) in [4.78, 5) is 0. The normalized spacial score (nSPS) is 11.7. The van der Waals surface area contributed by atoms with Gasteiger partial charge in [-0.1, -0.05) is 47.5 Å². The van der Waals surface area contributed by atoms with Crippen molar-refractivity contribution >= 4 is 11.6 Å². The highest BCUT2D eigenvalue weighted by Crippen LogP contribution is 2.32. The standard InChI is InChI=1S/C17H18ClFO2/c1-12-5-7-13(8-6-12)17(10-20,11-21)9-14-15(18)3-2-4-16(14)19/h2-8,20-21H,9-11H2,1H3. The molecule has 112 valence electrons. The fraction of sp³-hybridized carbons (Fsp3) is 0.294. The summed E-state index contributed by atoms with van der Waals surface area (Å²) in [5.41, 5.74) is 1.19. The third kappa shape index (κ3) is 3.26. The Morgan fingerprint density at radius 2 is 1.67 bits per heavy atom. The zero-order chi connectivity index (χ0) is 15.5. The average molecular weight is 309 g/mol. The molecule has 2 aromatic carbocycles. The van der Waals surface area contributed by atoms with Crippen LogP contribution in [0.2, 0.25) is 5.02 Å². The largest absolute Gasteiger partial charge is 0.395 e. The summed E-state index contributed by atoms with van der Waals surface area (Å²) in [5.74, 6) is -0.430. The molecule has 21 heavy (non-hydrogen) atoms. The molecule has 0 aliphatic carbocycles. The molecule has 0 aromatic heterocycles. The second-order valence-corrected chi connectivity index (χ2v) is 5.75. The molecule has 0 saturated heterocycles. The van der Waals surface area contributed by atoms with Gasteiger partial charge in [-0.25, -0.2) is 4.39 Å². The van der Waals surface area contributed by atoms with E-state index in [1.807, 2.05) is 31.2 Å². The van der Waals surface area contributed by atoms with Crippen LogP contribution in [0.25, 0.3) is 0 Å². The highest BCUT2D eigenvalue weighted by Gasteiger charge is 2.33. The summed E-state index contributed by atoms with van der Waals surface area (Å²) in [6.45, 7) is 1.37. The number of aliphatic hydroxyl groups excluding tert-OH is 2. The van der Waals surface area contributed by atoms with E-state index in [0.717, 1.165) is 11.1 Å². The predicted molar refractivity (Wildman–Crippen MR) is 82.1 cm³/mol. The zero-order valence-electron chi connectivity index (χ0n) is 11.8. The highest BCUT2D eigenvalue weighted by atomic mass is 35.5. The van der Waals surface area contributed by atoms with E-state index in [-0.39, 0.29) is 19.6 Å². The molecule has 0 spiro atoms. The Morgan fingerprint density at radius 1 is 1.05 bits per heavy atom. The smallest absolute Gasteiger partial charge is 0.127 e. The maximum atomic E-state index is 14.0. The van der Waals surface area contributed by atoms with E-state index in [0.29, 0.717) is 10.6 Å². The van der Waals surface area contributed by atoms with E-state index < -0.39 is 11.2 Å². The van der Waals surface area contributed by atoms with Gasteiger partial charge in [-0.3, -0.25) is 0 Å². The zero-order valence-corrected chi connectivity index (χ0v) is 12.6. The maximum Gasteiger partial charge on any atom is 0.127 e. The summed E-state index contributed by atoms with van der Waals surface area (Å²) in [6, 6.07) is 12.0. The Morgan fingerprint density at radius 3 is 2.19 bits per heavy atom. The molecule has 2 aromatic rings. The fourth-order valence-electron chi connectivity index (χ4n) is 2.39. The van der Waals surface area contributed by atoms with Crippen LogP contribution in [-0.4, -0.2) is 23.4 Å². The third-order valence-electron chi connectivity index (χ3n) is 3.85. The molecule has 0 saturated carbocycles. The van der Waals surface area contributed by atoms with Gasteiger partial charge < -0.3 is 10.2 Å². The second kappa shape index (κ2) is 6.56. The van der Waals surface area contributed by atoms with Gasteiger partial charge >= 0.3 is 0 Å². The molecule has 0 bridgehead atoms. The van der Waals surface area contributed by atoms with Crippen LogP contribution in [0.5, 0.6) is 0 Å². The molecule has 2 rings (SSSR count). The molecule has 0 radical (unpaired) electrons. The van der Waals surface area contributed by atoms with Crippen LogP contribution in [-0.2, 0) is 11.8 Å². The molecular formula is C17H18ClFO2. The third-order valence-corrected chi connectivity index (χ3v) is 4.20. The van der Waals surface area contributed by atoms with Crippen molar-refractivity contribution in [3.8, 4) is 0 Å². The number of rotatable bonds is 5. The van der Waals surface area contributed by atoms with Gasteiger partial charge in [0.15, 0.2) is 0 Å². The van der Waals surface area contributed by atoms with Crippen LogP contribution in [0.1, 0.15) is 16.7 Å². The van der Waals surface area contributed by atoms with Crippen molar-refractivity contribution in [3.63, 3.8) is 0 Å². The monoisotopic (exact) mass is 308 g/mol. The summed E-state index contributed by atoms with van der Waals surface area (Å²) >= 11 is 6.06. The molecular weight excluding hydrogens is 291 g/mol. The lowest BCUT2D eigenvalue weighted by molar-refractivity contribution is 0.115. The molecule has 0 atom stereocenters. The van der Waals surface area contributed by atoms with Crippen LogP contribution in [0, 0.1) is 12.7 Å². The Balaban J connectivity index is 2.45. The van der Waals surface area contributed by atoms with E-state index in [1.165, 1.54) is 12.1 Å². The van der Waals surface area contributed by atoms with Crippen molar-refractivity contribution in [1.29, 1.82) is 0 Å². The summed E-state index contributed by atoms with van der Waals surface area (Å²) < 4.78 is 14.0. The Labute approximate surface area is 128 Å². The topological polar surface area (TPSA) is 40.5 Å². The first-order chi connectivity index (χ1) is 10.0. The SMILES string of the molecule is Cc1ccc(C(CO)(CO)Cc2c(F)cccc2Cl)cc1. The lowest BCUT2D eigenvalue weighted by Gasteiger charge is -2.31. The summed E-state index contributed by atoms with van der Waals surface area (Å²) in [5, 5.41) is 19.9. The molecule has 0 amide bonds. The minimum Gasteiger partial charge on any atom is -0.395 e. The lowest BCUT2D eigenvalue weighted by atomic mass is 9.76. The number of hydrogen-bond acceptors (Lipinski definition) is 2. The fourth-order valence-corrected chi connectivity index (χ4v) is 2.62. The lowest BCUT2D eigenvalue weighted by Crippen LogP contribution is -2.37. The Hall–Kier alpha value is -1.42. The Kier molecular flexibility index (Phi) is 4.99. The molecule has 0 unspecified atom stereocenters. The van der Waals surface area contributed by atoms with Gasteiger partial charge in [0.05, 0.1) is 13.2 Å². The first-order valence-corrected chi connectivity index (χ1v) is 7.12. The second-order valence-electron chi connectivity index (χ2n) is 5.34. The van der Waals surface area contributed by atoms with Crippen molar-refractivity contribution in [1.82, 2.24) is 0 Å². The van der Waals surface area contributed by atoms with E-state index in [1.54, 1.807) is 6.07 Å². The van der Waals surface area contributed by atoms with Crippen LogP contribution in [0.4, 0.5) is 4.39 Å². The van der Waals surface area contributed by atoms with Crippen molar-refractivity contribution in [2.45, 2.75) is 18.8 Å². The maximum absolute atomic E-state index is 14.0. The van der Waals surface area contributed by atoms with Crippen LogP contribution in [0.15, 0.2) is 42.5 Å². The van der Waals surface area contributed by atoms with E-state index in [9.17, 15) is 14.6 Å². The number of benzene rings is 2. The van der Waals surface area contributed by atoms with Gasteiger partial charge in [0.2, 0.25) is 0 Å². The highest BCUT2D eigenvalue weighted by molar-refractivity contribution is 6.31. The number of hydrogen-bond donors (Lipinski definition) is 2. The molecule has 2 nitrogen and oxygen atoms in total.